The molecule has 0 fully saturated rings. The summed E-state index contributed by atoms with van der Waals surface area (Å²) in [6, 6.07) is 6.17. The lowest BCUT2D eigenvalue weighted by molar-refractivity contribution is -0.384. The van der Waals surface area contributed by atoms with Crippen molar-refractivity contribution in [2.45, 2.75) is 39.5 Å². The van der Waals surface area contributed by atoms with Gasteiger partial charge in [0.1, 0.15) is 24.4 Å². The van der Waals surface area contributed by atoms with Gasteiger partial charge in [0.2, 0.25) is 0 Å². The van der Waals surface area contributed by atoms with Gasteiger partial charge >= 0.3 is 0 Å². The molecule has 0 aliphatic carbocycles. The number of aliphatic hydroxyl groups is 3. The lowest BCUT2D eigenvalue weighted by Crippen LogP contribution is -2.33. The van der Waals surface area contributed by atoms with Gasteiger partial charge in [-0.2, -0.15) is 0 Å². The summed E-state index contributed by atoms with van der Waals surface area (Å²) in [6.45, 7) is 4.59. The molecule has 1 aromatic rings. The van der Waals surface area contributed by atoms with Gasteiger partial charge in [0.25, 0.3) is 5.69 Å². The van der Waals surface area contributed by atoms with Crippen molar-refractivity contribution in [3.63, 3.8) is 0 Å². The number of rotatable bonds is 5. The minimum Gasteiger partial charge on any atom is -0.379 e. The molecule has 5 N–H and O–H groups in total. The summed E-state index contributed by atoms with van der Waals surface area (Å²) in [5, 5.41) is 41.4. The number of hydrogen-bond donors (Lipinski definition) is 5. The van der Waals surface area contributed by atoms with Gasteiger partial charge in [0.15, 0.2) is 0 Å². The van der Waals surface area contributed by atoms with Gasteiger partial charge in [-0.3, -0.25) is 15.4 Å². The van der Waals surface area contributed by atoms with Crippen LogP contribution in [0.5, 0.6) is 0 Å². The van der Waals surface area contributed by atoms with Gasteiger partial charge in [-0.25, -0.2) is 0 Å². The average Bonchev–Trinajstić information content (AvgIpc) is 2.27. The highest BCUT2D eigenvalue weighted by Gasteiger charge is 2.12. The Hall–Kier alpha value is -1.74. The van der Waals surface area contributed by atoms with Crippen molar-refractivity contribution in [1.82, 2.24) is 5.32 Å². The molecule has 0 heterocycles. The molecule has 3 atom stereocenters. The van der Waals surface area contributed by atoms with E-state index in [4.69, 9.17) is 15.3 Å². The molecular formula is C12H21N3O5. The van der Waals surface area contributed by atoms with Crippen LogP contribution in [-0.2, 0) is 0 Å². The summed E-state index contributed by atoms with van der Waals surface area (Å²) in [4.78, 5) is 9.99. The first-order valence-corrected chi connectivity index (χ1v) is 6.04. The summed E-state index contributed by atoms with van der Waals surface area (Å²) >= 11 is 0. The fourth-order valence-electron chi connectivity index (χ4n) is 1.33. The van der Waals surface area contributed by atoms with Crippen LogP contribution in [0.25, 0.3) is 0 Å². The summed E-state index contributed by atoms with van der Waals surface area (Å²) in [5.74, 6) is 0. The molecule has 8 nitrogen and oxygen atoms in total. The van der Waals surface area contributed by atoms with Crippen molar-refractivity contribution in [2.75, 3.05) is 5.32 Å². The van der Waals surface area contributed by atoms with E-state index in [1.807, 2.05) is 0 Å². The third kappa shape index (κ3) is 8.38. The Labute approximate surface area is 117 Å². The Morgan fingerprint density at radius 2 is 1.55 bits per heavy atom. The summed E-state index contributed by atoms with van der Waals surface area (Å²) in [7, 11) is 0. The highest BCUT2D eigenvalue weighted by Crippen LogP contribution is 2.23. The highest BCUT2D eigenvalue weighted by atomic mass is 16.6. The van der Waals surface area contributed by atoms with E-state index in [0.29, 0.717) is 5.69 Å². The van der Waals surface area contributed by atoms with Crippen LogP contribution in [0.1, 0.15) is 20.8 Å². The van der Waals surface area contributed by atoms with Crippen LogP contribution in [0.3, 0.4) is 0 Å². The van der Waals surface area contributed by atoms with Gasteiger partial charge in [0, 0.05) is 6.07 Å². The molecule has 0 aromatic heterocycles. The van der Waals surface area contributed by atoms with E-state index in [0.717, 1.165) is 0 Å². The van der Waals surface area contributed by atoms with Crippen LogP contribution in [0.2, 0.25) is 0 Å². The summed E-state index contributed by atoms with van der Waals surface area (Å²) < 4.78 is 0. The molecule has 0 saturated carbocycles. The van der Waals surface area contributed by atoms with Crippen molar-refractivity contribution in [3.8, 4) is 0 Å². The number of benzene rings is 1. The second kappa shape index (κ2) is 9.21. The minimum atomic E-state index is -0.805. The molecule has 0 saturated heterocycles. The number of para-hydroxylation sites is 2. The normalized spacial score (nSPS) is 14.5. The summed E-state index contributed by atoms with van der Waals surface area (Å²) in [5.41, 5.74) is 0.283. The number of anilines is 1. The lowest BCUT2D eigenvalue weighted by atomic mass is 10.2. The zero-order valence-corrected chi connectivity index (χ0v) is 11.6. The first kappa shape index (κ1) is 18.3. The van der Waals surface area contributed by atoms with Crippen molar-refractivity contribution in [2.24, 2.45) is 0 Å². The van der Waals surface area contributed by atoms with E-state index in [9.17, 15) is 10.1 Å². The number of nitrogens with one attached hydrogen (secondary N) is 2. The van der Waals surface area contributed by atoms with Crippen molar-refractivity contribution < 1.29 is 20.2 Å². The van der Waals surface area contributed by atoms with Crippen LogP contribution < -0.4 is 10.6 Å². The SMILES string of the molecule is CC(O)NC(C)O.CC(O)Nc1ccccc1[N+](=O)[O-]. The maximum Gasteiger partial charge on any atom is 0.292 e. The van der Waals surface area contributed by atoms with E-state index in [1.165, 1.54) is 13.0 Å². The predicted octanol–water partition coefficient (Wildman–Crippen LogP) is 0.598. The largest absolute Gasteiger partial charge is 0.379 e. The smallest absolute Gasteiger partial charge is 0.292 e. The zero-order chi connectivity index (χ0) is 15.7. The number of nitro benzene ring substituents is 1. The molecule has 1 aromatic carbocycles. The van der Waals surface area contributed by atoms with E-state index in [1.54, 1.807) is 32.0 Å². The molecule has 0 amide bonds. The summed E-state index contributed by atoms with van der Waals surface area (Å²) in [6.07, 6.45) is -2.05. The monoisotopic (exact) mass is 287 g/mol. The first-order valence-electron chi connectivity index (χ1n) is 6.04. The Morgan fingerprint density at radius 3 is 1.90 bits per heavy atom. The van der Waals surface area contributed by atoms with Crippen LogP contribution in [0.4, 0.5) is 11.4 Å². The number of hydrogen-bond acceptors (Lipinski definition) is 7. The Balaban J connectivity index is 0.000000441. The molecule has 0 spiro atoms. The molecule has 3 unspecified atom stereocenters. The van der Waals surface area contributed by atoms with Crippen LogP contribution in [-0.4, -0.2) is 38.9 Å². The molecule has 20 heavy (non-hydrogen) atoms. The number of aliphatic hydroxyl groups excluding tert-OH is 3. The molecular weight excluding hydrogens is 266 g/mol. The third-order valence-corrected chi connectivity index (χ3v) is 1.95. The highest BCUT2D eigenvalue weighted by molar-refractivity contribution is 5.61. The van der Waals surface area contributed by atoms with Crippen LogP contribution in [0.15, 0.2) is 24.3 Å². The molecule has 0 radical (unpaired) electrons. The van der Waals surface area contributed by atoms with Crippen LogP contribution in [0, 0.1) is 10.1 Å². The fourth-order valence-corrected chi connectivity index (χ4v) is 1.33. The van der Waals surface area contributed by atoms with Gasteiger partial charge in [0.05, 0.1) is 4.92 Å². The second-order valence-electron chi connectivity index (χ2n) is 4.11. The van der Waals surface area contributed by atoms with Crippen molar-refractivity contribution in [3.05, 3.63) is 34.4 Å². The van der Waals surface area contributed by atoms with Gasteiger partial charge in [-0.15, -0.1) is 0 Å². The maximum atomic E-state index is 10.5. The predicted molar refractivity (Wildman–Crippen MR) is 74.9 cm³/mol. The first-order chi connectivity index (χ1) is 9.23. The molecule has 0 aliphatic rings. The van der Waals surface area contributed by atoms with E-state index in [2.05, 4.69) is 10.6 Å². The minimum absolute atomic E-state index is 0.0385. The fraction of sp³-hybridized carbons (Fsp3) is 0.500. The van der Waals surface area contributed by atoms with E-state index >= 15 is 0 Å². The van der Waals surface area contributed by atoms with Gasteiger partial charge in [-0.05, 0) is 26.8 Å². The maximum absolute atomic E-state index is 10.5. The topological polar surface area (TPSA) is 128 Å². The Bertz CT molecular complexity index is 404. The molecule has 1 rings (SSSR count). The second-order valence-corrected chi connectivity index (χ2v) is 4.11. The molecule has 0 aliphatic heterocycles. The van der Waals surface area contributed by atoms with Gasteiger partial charge in [-0.1, -0.05) is 12.1 Å². The molecule has 8 heteroatoms. The molecule has 0 bridgehead atoms. The third-order valence-electron chi connectivity index (χ3n) is 1.95. The van der Waals surface area contributed by atoms with Crippen molar-refractivity contribution >= 4 is 11.4 Å². The molecule has 114 valence electrons. The Morgan fingerprint density at radius 1 is 1.05 bits per heavy atom. The van der Waals surface area contributed by atoms with E-state index < -0.39 is 23.6 Å². The number of nitrogens with zero attached hydrogens (tertiary/aromatic N) is 1. The Kier molecular flexibility index (Phi) is 8.41. The lowest BCUT2D eigenvalue weighted by Gasteiger charge is -2.08. The standard InChI is InChI=1S/C8H10N2O3.C4H11NO2/c1-6(11)9-7-4-2-3-5-8(7)10(12)13;1-3(6)5-4(2)7/h2-6,9,11H,1H3;3-7H,1-2H3. The van der Waals surface area contributed by atoms with Gasteiger partial charge < -0.3 is 20.6 Å². The zero-order valence-electron chi connectivity index (χ0n) is 11.6. The average molecular weight is 287 g/mol. The van der Waals surface area contributed by atoms with Crippen LogP contribution >= 0.6 is 0 Å². The van der Waals surface area contributed by atoms with Crippen molar-refractivity contribution in [1.29, 1.82) is 0 Å². The van der Waals surface area contributed by atoms with E-state index in [-0.39, 0.29) is 5.69 Å². The number of nitro groups is 1. The quantitative estimate of drug-likeness (QED) is 0.305.